The summed E-state index contributed by atoms with van der Waals surface area (Å²) in [5.41, 5.74) is 10.1. The van der Waals surface area contributed by atoms with Crippen LogP contribution in [-0.4, -0.2) is 111 Å². The zero-order valence-corrected chi connectivity index (χ0v) is 45.2. The van der Waals surface area contributed by atoms with Crippen molar-refractivity contribution >= 4 is 61.9 Å². The van der Waals surface area contributed by atoms with E-state index in [1.165, 1.54) is 23.2 Å². The van der Waals surface area contributed by atoms with E-state index < -0.39 is 18.2 Å². The van der Waals surface area contributed by atoms with Crippen molar-refractivity contribution in [3.63, 3.8) is 0 Å². The number of thiazole rings is 1. The second kappa shape index (κ2) is 21.8. The van der Waals surface area contributed by atoms with Gasteiger partial charge in [0.1, 0.15) is 17.9 Å². The normalized spacial score (nSPS) is 24.6. The standard InChI is InChI=1S/C58H70BrN9O5S/c1-35(38-13-15-42(16-14-38)53-36(2)62-34-74-53)63-54(70)50-30-44(69)33-67(50)56(72)52(41-21-27-73-28-22-41)61-31-47(65-60)40-11-9-37(10-12-40)32-66-25-19-39(20-26-66)43-17-18-45-49(29-43)68-48-8-6-7-46(59)51(48)55(71)64-57(68)58(45)23-4-3-5-24-58/h6-8,13-18,29,31,34-35,37,39-41,44,50,52,69H,3-5,9-12,19-28,30,32-33,60H2,1-2H3,(H,63,70)/b61-31?,65-47+/t35-,37?,40?,44+,50-,52-/m0/s1. The third kappa shape index (κ3) is 9.94. The first-order chi connectivity index (χ1) is 36.0. The van der Waals surface area contributed by atoms with Crippen molar-refractivity contribution in [3.05, 3.63) is 109 Å². The van der Waals surface area contributed by atoms with Crippen molar-refractivity contribution in [3.8, 4) is 16.1 Å². The number of nitrogens with one attached hydrogen (secondary N) is 1. The molecule has 4 atom stereocenters. The zero-order valence-electron chi connectivity index (χ0n) is 42.8. The number of aliphatic hydroxyl groups is 1. The van der Waals surface area contributed by atoms with Crippen LogP contribution in [0.5, 0.6) is 0 Å². The number of nitrogens with two attached hydrogens (primary N) is 1. The first-order valence-electron chi connectivity index (χ1n) is 27.3. The minimum absolute atomic E-state index is 0.0742. The Morgan fingerprint density at radius 2 is 1.76 bits per heavy atom. The Kier molecular flexibility index (Phi) is 15.1. The Morgan fingerprint density at radius 3 is 2.47 bits per heavy atom. The third-order valence-corrected chi connectivity index (χ3v) is 19.4. The van der Waals surface area contributed by atoms with Crippen LogP contribution in [0.2, 0.25) is 0 Å². The van der Waals surface area contributed by atoms with E-state index in [9.17, 15) is 19.5 Å². The Bertz CT molecular complexity index is 2980. The molecule has 390 valence electrons. The summed E-state index contributed by atoms with van der Waals surface area (Å²) in [6.45, 7) is 8.29. The van der Waals surface area contributed by atoms with Crippen molar-refractivity contribution in [2.45, 2.75) is 139 Å². The van der Waals surface area contributed by atoms with Gasteiger partial charge in [0.2, 0.25) is 11.8 Å². The molecule has 5 aromatic rings. The van der Waals surface area contributed by atoms with Crippen LogP contribution in [0.1, 0.15) is 137 Å². The Balaban J connectivity index is 0.706. The lowest BCUT2D eigenvalue weighted by molar-refractivity contribution is -0.141. The molecule has 11 rings (SSSR count). The lowest BCUT2D eigenvalue weighted by atomic mass is 9.69. The molecule has 6 aliphatic rings. The second-order valence-corrected chi connectivity index (χ2v) is 23.9. The number of hydrogen-bond acceptors (Lipinski definition) is 12. The van der Waals surface area contributed by atoms with E-state index in [1.807, 2.05) is 55.8 Å². The SMILES string of the molecule is Cc1ncsc1-c1ccc([C@H](C)NC(=O)[C@@H]2C[C@@H](O)CN2C(=O)[C@@H](N=C/C(=N\N)C2CCC(CN3CCC(c4ccc5c(c4)-n4c(nc(=O)c6c(Br)cccc64)C54CCCCC4)CC3)CC2)C2CCOCC2)cc1. The van der Waals surface area contributed by atoms with Crippen molar-refractivity contribution in [2.24, 2.45) is 33.7 Å². The van der Waals surface area contributed by atoms with Gasteiger partial charge >= 0.3 is 0 Å². The van der Waals surface area contributed by atoms with Crippen LogP contribution in [-0.2, 0) is 19.7 Å². The molecule has 0 unspecified atom stereocenters. The zero-order chi connectivity index (χ0) is 51.1. The predicted molar refractivity (Wildman–Crippen MR) is 295 cm³/mol. The molecule has 0 bridgehead atoms. The number of piperidine rings is 1. The number of aliphatic imine (C=N–C) groups is 1. The number of benzene rings is 3. The monoisotopic (exact) mass is 1080 g/mol. The van der Waals surface area contributed by atoms with Crippen molar-refractivity contribution in [1.82, 2.24) is 29.7 Å². The molecule has 3 saturated heterocycles. The van der Waals surface area contributed by atoms with Gasteiger partial charge in [-0.05, 0) is 165 Å². The topological polar surface area (TPSA) is 181 Å². The van der Waals surface area contributed by atoms with Crippen LogP contribution in [0.3, 0.4) is 0 Å². The summed E-state index contributed by atoms with van der Waals surface area (Å²) >= 11 is 5.27. The molecule has 5 fully saturated rings. The molecule has 4 N–H and O–H groups in total. The molecule has 0 radical (unpaired) electrons. The molecule has 2 aromatic heterocycles. The Labute approximate surface area is 446 Å². The summed E-state index contributed by atoms with van der Waals surface area (Å²) < 4.78 is 8.81. The molecule has 74 heavy (non-hydrogen) atoms. The quantitative estimate of drug-likeness (QED) is 0.0624. The number of aryl methyl sites for hydroxylation is 1. The largest absolute Gasteiger partial charge is 0.391 e. The minimum atomic E-state index is -0.817. The molecule has 2 saturated carbocycles. The maximum absolute atomic E-state index is 14.6. The van der Waals surface area contributed by atoms with Crippen molar-refractivity contribution in [1.29, 1.82) is 0 Å². The summed E-state index contributed by atoms with van der Waals surface area (Å²) in [5.74, 6) is 7.63. The second-order valence-electron chi connectivity index (χ2n) is 22.2. The number of carbonyl (C=O) groups is 2. The summed E-state index contributed by atoms with van der Waals surface area (Å²) in [6.07, 6.45) is 14.3. The lowest BCUT2D eigenvalue weighted by Gasteiger charge is -2.37. The molecule has 2 aliphatic carbocycles. The highest BCUT2D eigenvalue weighted by atomic mass is 79.9. The van der Waals surface area contributed by atoms with E-state index in [0.717, 1.165) is 121 Å². The number of likely N-dealkylation sites (tertiary alicyclic amines) is 2. The average Bonchev–Trinajstić information content (AvgIpc) is 4.12. The van der Waals surface area contributed by atoms with E-state index in [4.69, 9.17) is 20.6 Å². The van der Waals surface area contributed by atoms with Gasteiger partial charge in [-0.1, -0.05) is 61.7 Å². The van der Waals surface area contributed by atoms with Gasteiger partial charge in [0, 0.05) is 49.3 Å². The molecular formula is C58H70BrN9O5S. The molecule has 3 aromatic carbocycles. The van der Waals surface area contributed by atoms with Crippen LogP contribution in [0, 0.1) is 24.7 Å². The number of fused-ring (bicyclic) bond motifs is 7. The number of amides is 2. The van der Waals surface area contributed by atoms with Gasteiger partial charge in [-0.3, -0.25) is 23.9 Å². The molecule has 6 heterocycles. The summed E-state index contributed by atoms with van der Waals surface area (Å²) in [6, 6.07) is 19.5. The summed E-state index contributed by atoms with van der Waals surface area (Å²) in [5, 5.41) is 19.0. The molecule has 16 heteroatoms. The lowest BCUT2D eigenvalue weighted by Crippen LogP contribution is -2.51. The van der Waals surface area contributed by atoms with Crippen molar-refractivity contribution in [2.75, 3.05) is 39.4 Å². The maximum Gasteiger partial charge on any atom is 0.281 e. The molecule has 2 amide bonds. The highest BCUT2D eigenvalue weighted by Gasteiger charge is 2.47. The number of rotatable bonds is 12. The average molecular weight is 1090 g/mol. The maximum atomic E-state index is 14.6. The number of ether oxygens (including phenoxy) is 1. The fraction of sp³-hybridized carbons (Fsp3) is 0.534. The molecule has 1 spiro atoms. The molecular weight excluding hydrogens is 1010 g/mol. The number of β-amino-alcohol motifs (C(OH)–C–C–N with tert-alkyl or cyclic N) is 1. The summed E-state index contributed by atoms with van der Waals surface area (Å²) in [7, 11) is 0. The van der Waals surface area contributed by atoms with E-state index in [0.29, 0.717) is 49.0 Å². The number of hydrogen-bond donors (Lipinski definition) is 3. The van der Waals surface area contributed by atoms with Gasteiger partial charge in [0.25, 0.3) is 5.56 Å². The Hall–Kier alpha value is -5.13. The number of hydrazone groups is 1. The van der Waals surface area contributed by atoms with Gasteiger partial charge in [-0.2, -0.15) is 10.1 Å². The molecule has 14 nitrogen and oxygen atoms in total. The first kappa shape index (κ1) is 51.0. The number of halogens is 1. The van der Waals surface area contributed by atoms with Gasteiger partial charge in [-0.15, -0.1) is 11.3 Å². The van der Waals surface area contributed by atoms with Crippen LogP contribution >= 0.6 is 27.3 Å². The predicted octanol–water partition coefficient (Wildman–Crippen LogP) is 9.15. The number of aliphatic hydroxyl groups excluding tert-OH is 1. The molecule has 4 aliphatic heterocycles. The van der Waals surface area contributed by atoms with Gasteiger partial charge < -0.3 is 30.8 Å². The first-order valence-corrected chi connectivity index (χ1v) is 28.9. The van der Waals surface area contributed by atoms with E-state index >= 15 is 0 Å². The summed E-state index contributed by atoms with van der Waals surface area (Å²) in [4.78, 5) is 61.7. The van der Waals surface area contributed by atoms with Gasteiger partial charge in [0.05, 0.1) is 55.9 Å². The van der Waals surface area contributed by atoms with Crippen molar-refractivity contribution < 1.29 is 19.4 Å². The van der Waals surface area contributed by atoms with Gasteiger partial charge in [0.15, 0.2) is 0 Å². The number of carbonyl (C=O) groups excluding carboxylic acids is 2. The fourth-order valence-electron chi connectivity index (χ4n) is 13.6. The van der Waals surface area contributed by atoms with Crippen LogP contribution < -0.4 is 16.7 Å². The van der Waals surface area contributed by atoms with Crippen LogP contribution in [0.15, 0.2) is 85.5 Å². The number of nitrogens with zero attached hydrogens (tertiary/aromatic N) is 7. The van der Waals surface area contributed by atoms with Gasteiger partial charge in [-0.25, -0.2) is 4.98 Å². The smallest absolute Gasteiger partial charge is 0.281 e. The minimum Gasteiger partial charge on any atom is -0.391 e. The van der Waals surface area contributed by atoms with E-state index in [2.05, 4.69) is 65.1 Å². The van der Waals surface area contributed by atoms with Crippen LogP contribution in [0.4, 0.5) is 0 Å². The highest BCUT2D eigenvalue weighted by molar-refractivity contribution is 9.10. The van der Waals surface area contributed by atoms with E-state index in [-0.39, 0.29) is 53.6 Å². The third-order valence-electron chi connectivity index (χ3n) is 17.7. The van der Waals surface area contributed by atoms with E-state index in [1.54, 1.807) is 22.5 Å². The van der Waals surface area contributed by atoms with Crippen LogP contribution in [0.25, 0.3) is 27.0 Å². The number of aromatic nitrogens is 3. The fourth-order valence-corrected chi connectivity index (χ4v) is 14.9. The highest BCUT2D eigenvalue weighted by Crippen LogP contribution is 2.52. The Morgan fingerprint density at radius 1 is 1.00 bits per heavy atom.